The third kappa shape index (κ3) is 11.7. The van der Waals surface area contributed by atoms with Crippen molar-refractivity contribution in [2.75, 3.05) is 22.9 Å². The molecule has 0 spiro atoms. The summed E-state index contributed by atoms with van der Waals surface area (Å²) in [5.74, 6) is -1.26. The van der Waals surface area contributed by atoms with E-state index in [0.29, 0.717) is 40.4 Å². The maximum Gasteiger partial charge on any atom is 0.335 e. The van der Waals surface area contributed by atoms with E-state index in [2.05, 4.69) is 4.98 Å². The lowest BCUT2D eigenvalue weighted by molar-refractivity contribution is 0.0685. The Bertz CT molecular complexity index is 1340. The van der Waals surface area contributed by atoms with E-state index < -0.39 is 11.9 Å². The van der Waals surface area contributed by atoms with Crippen molar-refractivity contribution in [3.8, 4) is 6.07 Å². The molecule has 0 saturated carbocycles. The van der Waals surface area contributed by atoms with E-state index in [1.165, 1.54) is 18.2 Å². The zero-order chi connectivity index (χ0) is 28.5. The van der Waals surface area contributed by atoms with Crippen LogP contribution >= 0.6 is 0 Å². The lowest BCUT2D eigenvalue weighted by Gasteiger charge is -2.03. The largest absolute Gasteiger partial charge is 0.478 e. The highest BCUT2D eigenvalue weighted by molar-refractivity contribution is 5.90. The molecule has 0 aliphatic rings. The molecule has 0 unspecified atom stereocenters. The van der Waals surface area contributed by atoms with Crippen LogP contribution in [0.5, 0.6) is 0 Å². The average Bonchev–Trinajstić information content (AvgIpc) is 2.90. The van der Waals surface area contributed by atoms with Gasteiger partial charge in [0, 0.05) is 23.3 Å². The van der Waals surface area contributed by atoms with Crippen molar-refractivity contribution in [1.29, 1.82) is 5.26 Å². The first-order valence-electron chi connectivity index (χ1n) is 11.2. The second-order valence-corrected chi connectivity index (χ2v) is 7.49. The van der Waals surface area contributed by atoms with Gasteiger partial charge in [0.15, 0.2) is 0 Å². The molecule has 0 aliphatic heterocycles. The van der Waals surface area contributed by atoms with Crippen molar-refractivity contribution >= 4 is 34.8 Å². The van der Waals surface area contributed by atoms with Gasteiger partial charge in [0.05, 0.1) is 22.8 Å². The zero-order valence-electron chi connectivity index (χ0n) is 20.8. The molecule has 4 rings (SSSR count). The number of pyridine rings is 1. The van der Waals surface area contributed by atoms with E-state index in [1.54, 1.807) is 60.8 Å². The summed E-state index contributed by atoms with van der Waals surface area (Å²) in [5.41, 5.74) is 25.4. The van der Waals surface area contributed by atoms with Crippen LogP contribution in [0.2, 0.25) is 0 Å². The van der Waals surface area contributed by atoms with Gasteiger partial charge in [0.2, 0.25) is 0 Å². The number of nitrogen functional groups attached to an aromatic ring is 4. The number of aryl methyl sites for hydroxylation is 1. The fraction of sp³-hybridized carbons (Fsp3) is 0.0714. The molecule has 0 saturated heterocycles. The molecule has 10 N–H and O–H groups in total. The second kappa shape index (κ2) is 16.2. The Morgan fingerprint density at radius 3 is 1.74 bits per heavy atom. The van der Waals surface area contributed by atoms with Crippen molar-refractivity contribution in [3.63, 3.8) is 0 Å². The van der Waals surface area contributed by atoms with Crippen LogP contribution in [0.15, 0.2) is 91.1 Å². The number of anilines is 4. The third-order valence-corrected chi connectivity index (χ3v) is 4.63. The predicted molar refractivity (Wildman–Crippen MR) is 149 cm³/mol. The van der Waals surface area contributed by atoms with Gasteiger partial charge in [0.1, 0.15) is 5.82 Å². The van der Waals surface area contributed by atoms with E-state index in [0.717, 1.165) is 5.56 Å². The lowest BCUT2D eigenvalue weighted by atomic mass is 10.0. The van der Waals surface area contributed by atoms with Gasteiger partial charge in [-0.2, -0.15) is 5.26 Å². The molecule has 1 heterocycles. The molecule has 10 nitrogen and oxygen atoms in total. The van der Waals surface area contributed by atoms with Crippen LogP contribution in [-0.2, 0) is 6.42 Å². The predicted octanol–water partition coefficient (Wildman–Crippen LogP) is 4.30. The van der Waals surface area contributed by atoms with Gasteiger partial charge in [0.25, 0.3) is 0 Å². The molecule has 0 fully saturated rings. The second-order valence-electron chi connectivity index (χ2n) is 7.49. The Balaban J connectivity index is 0.000000257. The number of aromatic nitrogens is 1. The van der Waals surface area contributed by atoms with Crippen molar-refractivity contribution in [2.45, 2.75) is 13.3 Å². The number of nitriles is 1. The van der Waals surface area contributed by atoms with Gasteiger partial charge in [-0.05, 0) is 90.8 Å². The maximum absolute atomic E-state index is 10.7. The van der Waals surface area contributed by atoms with E-state index in [9.17, 15) is 9.59 Å². The van der Waals surface area contributed by atoms with Crippen LogP contribution < -0.4 is 22.9 Å². The topological polar surface area (TPSA) is 215 Å². The van der Waals surface area contributed by atoms with Crippen LogP contribution in [0.1, 0.15) is 38.8 Å². The number of aromatic carboxylic acids is 2. The molecule has 0 bridgehead atoms. The number of rotatable bonds is 3. The Morgan fingerprint density at radius 1 is 0.789 bits per heavy atom. The first kappa shape index (κ1) is 30.5. The Labute approximate surface area is 220 Å². The molecule has 0 aliphatic carbocycles. The first-order valence-corrected chi connectivity index (χ1v) is 11.2. The molecule has 0 atom stereocenters. The molecule has 196 valence electrons. The molecule has 4 aromatic rings. The smallest absolute Gasteiger partial charge is 0.335 e. The minimum absolute atomic E-state index is 0.259. The number of nitrogens with two attached hydrogens (primary N) is 4. The molecule has 0 amide bonds. The number of carboxylic acid groups (broad SMARTS) is 2. The number of hydrogen-bond donors (Lipinski definition) is 6. The van der Waals surface area contributed by atoms with Crippen LogP contribution in [0.25, 0.3) is 0 Å². The molecule has 38 heavy (non-hydrogen) atoms. The average molecular weight is 515 g/mol. The molecule has 1 aromatic heterocycles. The first-order chi connectivity index (χ1) is 18.1. The van der Waals surface area contributed by atoms with Crippen molar-refractivity contribution in [3.05, 3.63) is 113 Å². The summed E-state index contributed by atoms with van der Waals surface area (Å²) < 4.78 is 0. The van der Waals surface area contributed by atoms with Gasteiger partial charge in [-0.1, -0.05) is 13.0 Å². The summed E-state index contributed by atoms with van der Waals surface area (Å²) in [7, 11) is 0. The lowest BCUT2D eigenvalue weighted by Crippen LogP contribution is -2.02. The Kier molecular flexibility index (Phi) is 13.0. The fourth-order valence-electron chi connectivity index (χ4n) is 2.67. The van der Waals surface area contributed by atoms with Gasteiger partial charge in [-0.15, -0.1) is 0 Å². The monoisotopic (exact) mass is 514 g/mol. The van der Waals surface area contributed by atoms with Crippen LogP contribution in [0.3, 0.4) is 0 Å². The minimum Gasteiger partial charge on any atom is -0.478 e. The number of benzene rings is 3. The standard InChI is InChI=1S/C9H11NO2.C7H6N2.C7H7NO2.C5H6N2/c1-2-6-5-7(10)3-4-8(6)9(11)12;8-5-6-1-3-7(9)4-2-6;8-6-3-1-5(2-4-6)7(9)10;6-5-3-1-2-4-7-5/h3-5H,2,10H2,1H3,(H,11,12);1-4H,9H2;1-4H,8H2,(H,9,10);1-4H,(H2,6,7). The van der Waals surface area contributed by atoms with E-state index >= 15 is 0 Å². The molecule has 10 heteroatoms. The Morgan fingerprint density at radius 2 is 1.34 bits per heavy atom. The number of carboxylic acids is 2. The van der Waals surface area contributed by atoms with Gasteiger partial charge in [-0.3, -0.25) is 0 Å². The zero-order valence-corrected chi connectivity index (χ0v) is 20.8. The quantitative estimate of drug-likeness (QED) is 0.213. The van der Waals surface area contributed by atoms with Crippen molar-refractivity contribution in [2.24, 2.45) is 0 Å². The van der Waals surface area contributed by atoms with Crippen LogP contribution in [0.4, 0.5) is 22.9 Å². The third-order valence-electron chi connectivity index (χ3n) is 4.63. The van der Waals surface area contributed by atoms with E-state index in [1.807, 2.05) is 25.1 Å². The highest BCUT2D eigenvalue weighted by Crippen LogP contribution is 2.14. The minimum atomic E-state index is -0.931. The highest BCUT2D eigenvalue weighted by atomic mass is 16.4. The Hall–Kier alpha value is -5.56. The number of nitrogens with zero attached hydrogens (tertiary/aromatic N) is 2. The number of carbonyl (C=O) groups is 2. The van der Waals surface area contributed by atoms with Crippen LogP contribution in [0, 0.1) is 11.3 Å². The molecular formula is C28H30N6O4. The SMILES string of the molecule is CCc1cc(N)ccc1C(=O)O.N#Cc1ccc(N)cc1.Nc1ccc(C(=O)O)cc1.Nc1ccccn1. The van der Waals surface area contributed by atoms with Gasteiger partial charge >= 0.3 is 11.9 Å². The fourth-order valence-corrected chi connectivity index (χ4v) is 2.67. The summed E-state index contributed by atoms with van der Waals surface area (Å²) in [6.45, 7) is 1.90. The maximum atomic E-state index is 10.7. The highest BCUT2D eigenvalue weighted by Gasteiger charge is 2.07. The normalized spacial score (nSPS) is 9.05. The van der Waals surface area contributed by atoms with Gasteiger partial charge < -0.3 is 33.1 Å². The van der Waals surface area contributed by atoms with E-state index in [4.69, 9.17) is 38.4 Å². The summed E-state index contributed by atoms with van der Waals surface area (Å²) >= 11 is 0. The summed E-state index contributed by atoms with van der Waals surface area (Å²) in [6.07, 6.45) is 2.35. The van der Waals surface area contributed by atoms with Crippen molar-refractivity contribution < 1.29 is 19.8 Å². The van der Waals surface area contributed by atoms with Gasteiger partial charge in [-0.25, -0.2) is 14.6 Å². The molecule has 3 aromatic carbocycles. The van der Waals surface area contributed by atoms with Crippen molar-refractivity contribution in [1.82, 2.24) is 4.98 Å². The molecule has 0 radical (unpaired) electrons. The van der Waals surface area contributed by atoms with E-state index in [-0.39, 0.29) is 5.56 Å². The summed E-state index contributed by atoms with van der Waals surface area (Å²) in [6, 6.07) is 25.1. The summed E-state index contributed by atoms with van der Waals surface area (Å²) in [5, 5.41) is 25.5. The number of hydrogen-bond acceptors (Lipinski definition) is 8. The molecular weight excluding hydrogens is 484 g/mol. The van der Waals surface area contributed by atoms with Crippen LogP contribution in [-0.4, -0.2) is 27.1 Å². The summed E-state index contributed by atoms with van der Waals surface area (Å²) in [4.78, 5) is 24.7.